The minimum absolute atomic E-state index is 0.158. The van der Waals surface area contributed by atoms with Gasteiger partial charge in [0.2, 0.25) is 0 Å². The molecule has 0 bridgehead atoms. The van der Waals surface area contributed by atoms with Crippen molar-refractivity contribution in [3.8, 4) is 0 Å². The lowest BCUT2D eigenvalue weighted by molar-refractivity contribution is -0.00795. The molecule has 0 saturated carbocycles. The number of halogens is 2. The summed E-state index contributed by atoms with van der Waals surface area (Å²) in [5.41, 5.74) is 6.59. The molecule has 3 nitrogen and oxygen atoms in total. The van der Waals surface area contributed by atoms with Crippen molar-refractivity contribution in [2.45, 2.75) is 12.6 Å². The number of nitrogens with zero attached hydrogens (tertiary/aromatic N) is 1. The van der Waals surface area contributed by atoms with Crippen molar-refractivity contribution in [3.63, 3.8) is 0 Å². The van der Waals surface area contributed by atoms with E-state index < -0.39 is 0 Å². The zero-order chi connectivity index (χ0) is 12.3. The Bertz CT molecular complexity index is 389. The molecule has 1 aromatic rings. The molecule has 2 rings (SSSR count). The zero-order valence-corrected chi connectivity index (χ0v) is 10.3. The molecule has 5 heteroatoms. The van der Waals surface area contributed by atoms with Crippen LogP contribution in [-0.2, 0) is 11.3 Å². The lowest BCUT2D eigenvalue weighted by Crippen LogP contribution is -2.48. The van der Waals surface area contributed by atoms with Crippen molar-refractivity contribution in [3.05, 3.63) is 34.6 Å². The van der Waals surface area contributed by atoms with E-state index in [1.165, 1.54) is 6.07 Å². The van der Waals surface area contributed by atoms with Crippen LogP contribution < -0.4 is 5.73 Å². The molecule has 2 N–H and O–H groups in total. The quantitative estimate of drug-likeness (QED) is 0.896. The van der Waals surface area contributed by atoms with Gasteiger partial charge in [-0.15, -0.1) is 0 Å². The van der Waals surface area contributed by atoms with E-state index in [4.69, 9.17) is 22.1 Å². The van der Waals surface area contributed by atoms with Gasteiger partial charge >= 0.3 is 0 Å². The van der Waals surface area contributed by atoms with Gasteiger partial charge in [0, 0.05) is 25.7 Å². The van der Waals surface area contributed by atoms with Gasteiger partial charge in [-0.2, -0.15) is 0 Å². The fourth-order valence-corrected chi connectivity index (χ4v) is 2.10. The second-order valence-corrected chi connectivity index (χ2v) is 4.59. The van der Waals surface area contributed by atoms with E-state index in [1.54, 1.807) is 6.07 Å². The Morgan fingerprint density at radius 3 is 3.06 bits per heavy atom. The molecule has 0 amide bonds. The van der Waals surface area contributed by atoms with Crippen molar-refractivity contribution >= 4 is 11.6 Å². The first-order chi connectivity index (χ1) is 8.20. The van der Waals surface area contributed by atoms with E-state index in [9.17, 15) is 4.39 Å². The fraction of sp³-hybridized carbons (Fsp3) is 0.500. The maximum Gasteiger partial charge on any atom is 0.142 e. The van der Waals surface area contributed by atoms with Crippen LogP contribution in [0.25, 0.3) is 0 Å². The third-order valence-corrected chi connectivity index (χ3v) is 3.30. The number of morpholine rings is 1. The number of hydrogen-bond donors (Lipinski definition) is 1. The van der Waals surface area contributed by atoms with Crippen LogP contribution >= 0.6 is 11.6 Å². The fourth-order valence-electron chi connectivity index (χ4n) is 1.99. The SMILES string of the molecule is NCC1COCCN1Cc1ccc(Cl)c(F)c1. The minimum Gasteiger partial charge on any atom is -0.378 e. The molecular weight excluding hydrogens is 243 g/mol. The molecule has 0 radical (unpaired) electrons. The first-order valence-corrected chi connectivity index (χ1v) is 6.04. The second-order valence-electron chi connectivity index (χ2n) is 4.18. The Hall–Kier alpha value is -0.680. The number of nitrogens with two attached hydrogens (primary N) is 1. The van der Waals surface area contributed by atoms with Gasteiger partial charge in [0.15, 0.2) is 0 Å². The van der Waals surface area contributed by atoms with Crippen LogP contribution in [0.2, 0.25) is 5.02 Å². The molecule has 1 unspecified atom stereocenters. The van der Waals surface area contributed by atoms with Gasteiger partial charge in [-0.05, 0) is 17.7 Å². The molecule has 1 fully saturated rings. The highest BCUT2D eigenvalue weighted by Crippen LogP contribution is 2.18. The summed E-state index contributed by atoms with van der Waals surface area (Å²) < 4.78 is 18.7. The lowest BCUT2D eigenvalue weighted by Gasteiger charge is -2.34. The standard InChI is InChI=1S/C12H16ClFN2O/c13-11-2-1-9(5-12(11)14)7-16-3-4-17-8-10(16)6-15/h1-2,5,10H,3-4,6-8,15H2. The van der Waals surface area contributed by atoms with Crippen molar-refractivity contribution < 1.29 is 9.13 Å². The average Bonchev–Trinajstić information content (AvgIpc) is 2.34. The van der Waals surface area contributed by atoms with E-state index in [1.807, 2.05) is 6.07 Å². The predicted octanol–water partition coefficient (Wildman–Crippen LogP) is 1.64. The summed E-state index contributed by atoms with van der Waals surface area (Å²) in [5.74, 6) is -0.373. The summed E-state index contributed by atoms with van der Waals surface area (Å²) in [6, 6.07) is 5.12. The molecule has 17 heavy (non-hydrogen) atoms. The largest absolute Gasteiger partial charge is 0.378 e. The summed E-state index contributed by atoms with van der Waals surface area (Å²) in [6.45, 7) is 3.40. The highest BCUT2D eigenvalue weighted by atomic mass is 35.5. The van der Waals surface area contributed by atoms with E-state index in [2.05, 4.69) is 4.90 Å². The number of benzene rings is 1. The van der Waals surface area contributed by atoms with Gasteiger partial charge in [0.1, 0.15) is 5.82 Å². The summed E-state index contributed by atoms with van der Waals surface area (Å²) in [5, 5.41) is 0.158. The molecule has 0 spiro atoms. The smallest absolute Gasteiger partial charge is 0.142 e. The number of hydrogen-bond acceptors (Lipinski definition) is 3. The average molecular weight is 259 g/mol. The molecule has 94 valence electrons. The topological polar surface area (TPSA) is 38.5 Å². The molecule has 1 heterocycles. The van der Waals surface area contributed by atoms with Crippen LogP contribution in [0, 0.1) is 5.82 Å². The van der Waals surface area contributed by atoms with E-state index >= 15 is 0 Å². The van der Waals surface area contributed by atoms with Crippen molar-refractivity contribution in [1.82, 2.24) is 4.90 Å². The van der Waals surface area contributed by atoms with Crippen LogP contribution in [0.5, 0.6) is 0 Å². The Kier molecular flexibility index (Phi) is 4.34. The van der Waals surface area contributed by atoms with Crippen molar-refractivity contribution in [1.29, 1.82) is 0 Å². The first-order valence-electron chi connectivity index (χ1n) is 5.66. The van der Waals surface area contributed by atoms with E-state index in [-0.39, 0.29) is 16.9 Å². The summed E-state index contributed by atoms with van der Waals surface area (Å²) in [6.07, 6.45) is 0. The third kappa shape index (κ3) is 3.16. The van der Waals surface area contributed by atoms with Crippen LogP contribution in [0.4, 0.5) is 4.39 Å². The number of rotatable bonds is 3. The van der Waals surface area contributed by atoms with E-state index in [0.717, 1.165) is 12.1 Å². The third-order valence-electron chi connectivity index (χ3n) is 2.99. The Morgan fingerprint density at radius 2 is 2.35 bits per heavy atom. The highest BCUT2D eigenvalue weighted by Gasteiger charge is 2.21. The molecule has 1 aliphatic rings. The molecule has 0 aliphatic carbocycles. The Morgan fingerprint density at radius 1 is 1.53 bits per heavy atom. The monoisotopic (exact) mass is 258 g/mol. The predicted molar refractivity (Wildman–Crippen MR) is 65.5 cm³/mol. The van der Waals surface area contributed by atoms with Gasteiger partial charge in [-0.1, -0.05) is 17.7 Å². The highest BCUT2D eigenvalue weighted by molar-refractivity contribution is 6.30. The van der Waals surface area contributed by atoms with Gasteiger partial charge in [0.25, 0.3) is 0 Å². The maximum absolute atomic E-state index is 13.3. The number of ether oxygens (including phenoxy) is 1. The zero-order valence-electron chi connectivity index (χ0n) is 9.53. The first kappa shape index (κ1) is 12.8. The van der Waals surface area contributed by atoms with Crippen LogP contribution in [0.1, 0.15) is 5.56 Å². The van der Waals surface area contributed by atoms with Crippen molar-refractivity contribution in [2.75, 3.05) is 26.3 Å². The maximum atomic E-state index is 13.3. The molecule has 1 saturated heterocycles. The summed E-state index contributed by atoms with van der Waals surface area (Å²) >= 11 is 5.65. The lowest BCUT2D eigenvalue weighted by atomic mass is 10.1. The van der Waals surface area contributed by atoms with Gasteiger partial charge in [-0.25, -0.2) is 4.39 Å². The van der Waals surface area contributed by atoms with Gasteiger partial charge in [-0.3, -0.25) is 4.90 Å². The Balaban J connectivity index is 2.05. The van der Waals surface area contributed by atoms with Crippen LogP contribution in [-0.4, -0.2) is 37.2 Å². The molecular formula is C12H16ClFN2O. The van der Waals surface area contributed by atoms with Crippen LogP contribution in [0.3, 0.4) is 0 Å². The Labute approximate surface area is 105 Å². The molecule has 1 aromatic carbocycles. The van der Waals surface area contributed by atoms with E-state index in [0.29, 0.717) is 26.3 Å². The van der Waals surface area contributed by atoms with Crippen molar-refractivity contribution in [2.24, 2.45) is 5.73 Å². The summed E-state index contributed by atoms with van der Waals surface area (Å²) in [7, 11) is 0. The normalized spacial score (nSPS) is 21.7. The second kappa shape index (κ2) is 5.78. The van der Waals surface area contributed by atoms with Gasteiger partial charge in [0.05, 0.1) is 18.2 Å². The molecule has 1 aliphatic heterocycles. The molecule has 1 atom stereocenters. The minimum atomic E-state index is -0.373. The van der Waals surface area contributed by atoms with Crippen LogP contribution in [0.15, 0.2) is 18.2 Å². The van der Waals surface area contributed by atoms with Gasteiger partial charge < -0.3 is 10.5 Å². The summed E-state index contributed by atoms with van der Waals surface area (Å²) in [4.78, 5) is 2.21. The molecule has 0 aromatic heterocycles.